The van der Waals surface area contributed by atoms with E-state index in [1.54, 1.807) is 7.11 Å². The summed E-state index contributed by atoms with van der Waals surface area (Å²) in [6.07, 6.45) is 3.04. The molecule has 21 heavy (non-hydrogen) atoms. The van der Waals surface area contributed by atoms with Gasteiger partial charge in [0.05, 0.1) is 0 Å². The molecule has 0 unspecified atom stereocenters. The second kappa shape index (κ2) is 6.87. The predicted octanol–water partition coefficient (Wildman–Crippen LogP) is 1.74. The summed E-state index contributed by atoms with van der Waals surface area (Å²) < 4.78 is 34.2. The molecule has 5 nitrogen and oxygen atoms in total. The first-order chi connectivity index (χ1) is 9.95. The van der Waals surface area contributed by atoms with Crippen molar-refractivity contribution in [2.75, 3.05) is 20.3 Å². The minimum Gasteiger partial charge on any atom is -0.385 e. The van der Waals surface area contributed by atoms with Gasteiger partial charge in [0, 0.05) is 26.8 Å². The molecule has 0 aliphatic heterocycles. The van der Waals surface area contributed by atoms with Crippen LogP contribution < -0.4 is 9.44 Å². The lowest BCUT2D eigenvalue weighted by Gasteiger charge is -2.16. The number of rotatable bonds is 9. The Bertz CT molecular complexity index is 551. The minimum absolute atomic E-state index is 0.106. The maximum Gasteiger partial charge on any atom is 0.277 e. The highest BCUT2D eigenvalue weighted by atomic mass is 32.2. The monoisotopic (exact) mass is 312 g/mol. The summed E-state index contributed by atoms with van der Waals surface area (Å²) in [5.41, 5.74) is 2.22. The Balaban J connectivity index is 1.78. The topological polar surface area (TPSA) is 67.4 Å². The average Bonchev–Trinajstić information content (AvgIpc) is 3.23. The van der Waals surface area contributed by atoms with E-state index in [1.807, 2.05) is 31.2 Å². The van der Waals surface area contributed by atoms with Gasteiger partial charge in [-0.3, -0.25) is 0 Å². The molecule has 0 heterocycles. The van der Waals surface area contributed by atoms with E-state index in [0.29, 0.717) is 19.7 Å². The van der Waals surface area contributed by atoms with E-state index in [0.717, 1.165) is 30.4 Å². The molecule has 1 aliphatic carbocycles. The Morgan fingerprint density at radius 1 is 1.19 bits per heavy atom. The van der Waals surface area contributed by atoms with Crippen molar-refractivity contribution < 1.29 is 13.2 Å². The van der Waals surface area contributed by atoms with Crippen LogP contribution in [0.4, 0.5) is 0 Å². The van der Waals surface area contributed by atoms with Crippen LogP contribution in [-0.4, -0.2) is 28.7 Å². The summed E-state index contributed by atoms with van der Waals surface area (Å²) in [6, 6.07) is 7.81. The fourth-order valence-electron chi connectivity index (χ4n) is 2.19. The number of methoxy groups -OCH3 is 1. The van der Waals surface area contributed by atoms with Gasteiger partial charge in [-0.15, -0.1) is 0 Å². The molecule has 1 aromatic rings. The van der Waals surface area contributed by atoms with Crippen LogP contribution in [0.25, 0.3) is 0 Å². The molecular formula is C15H24N2O3S. The maximum absolute atomic E-state index is 12.0. The molecule has 0 spiro atoms. The van der Waals surface area contributed by atoms with E-state index in [-0.39, 0.29) is 5.41 Å². The molecule has 6 heteroatoms. The molecule has 0 amide bonds. The van der Waals surface area contributed by atoms with E-state index in [4.69, 9.17) is 4.74 Å². The largest absolute Gasteiger partial charge is 0.385 e. The van der Waals surface area contributed by atoms with Gasteiger partial charge in [0.2, 0.25) is 0 Å². The van der Waals surface area contributed by atoms with E-state index in [2.05, 4.69) is 9.44 Å². The molecule has 118 valence electrons. The molecule has 0 bridgehead atoms. The van der Waals surface area contributed by atoms with Gasteiger partial charge in [-0.05, 0) is 37.2 Å². The minimum atomic E-state index is -3.45. The standard InChI is InChI=1S/C15H24N2O3S/c1-13-3-5-14(6-4-13)11-16-21(18,19)17-12-15(7-8-15)9-10-20-2/h3-6,16-17H,7-12H2,1-2H3. The third-order valence-corrected chi connectivity index (χ3v) is 5.07. The highest BCUT2D eigenvalue weighted by Crippen LogP contribution is 2.48. The van der Waals surface area contributed by atoms with Crippen LogP contribution in [0.15, 0.2) is 24.3 Å². The quantitative estimate of drug-likeness (QED) is 0.730. The third kappa shape index (κ3) is 5.39. The Labute approximate surface area is 127 Å². The lowest BCUT2D eigenvalue weighted by atomic mass is 10.0. The Morgan fingerprint density at radius 3 is 2.43 bits per heavy atom. The second-order valence-electron chi connectivity index (χ2n) is 5.87. The highest BCUT2D eigenvalue weighted by molar-refractivity contribution is 7.87. The Kier molecular flexibility index (Phi) is 5.37. The summed E-state index contributed by atoms with van der Waals surface area (Å²) in [7, 11) is -1.78. The van der Waals surface area contributed by atoms with Gasteiger partial charge < -0.3 is 4.74 Å². The fraction of sp³-hybridized carbons (Fsp3) is 0.600. The predicted molar refractivity (Wildman–Crippen MR) is 83.1 cm³/mol. The molecule has 0 aromatic heterocycles. The second-order valence-corrected chi connectivity index (χ2v) is 7.46. The van der Waals surface area contributed by atoms with Gasteiger partial charge in [0.15, 0.2) is 0 Å². The molecule has 0 atom stereocenters. The Morgan fingerprint density at radius 2 is 1.86 bits per heavy atom. The fourth-order valence-corrected chi connectivity index (χ4v) is 3.15. The van der Waals surface area contributed by atoms with Crippen LogP contribution in [0.1, 0.15) is 30.4 Å². The molecule has 1 saturated carbocycles. The first-order valence-corrected chi connectivity index (χ1v) is 8.72. The van der Waals surface area contributed by atoms with E-state index in [1.165, 1.54) is 0 Å². The van der Waals surface area contributed by atoms with Crippen LogP contribution >= 0.6 is 0 Å². The first kappa shape index (κ1) is 16.4. The zero-order valence-electron chi connectivity index (χ0n) is 12.7. The van der Waals surface area contributed by atoms with Gasteiger partial charge in [-0.1, -0.05) is 29.8 Å². The van der Waals surface area contributed by atoms with Gasteiger partial charge >= 0.3 is 0 Å². The van der Waals surface area contributed by atoms with Crippen LogP contribution in [0.5, 0.6) is 0 Å². The maximum atomic E-state index is 12.0. The SMILES string of the molecule is COCCC1(CNS(=O)(=O)NCc2ccc(C)cc2)CC1. The highest BCUT2D eigenvalue weighted by Gasteiger charge is 2.42. The molecule has 2 N–H and O–H groups in total. The summed E-state index contributed by atoms with van der Waals surface area (Å²) in [5.74, 6) is 0. The molecule has 1 aliphatic rings. The number of aryl methyl sites for hydroxylation is 1. The van der Waals surface area contributed by atoms with E-state index in [9.17, 15) is 8.42 Å². The van der Waals surface area contributed by atoms with E-state index < -0.39 is 10.2 Å². The third-order valence-electron chi connectivity index (χ3n) is 4.02. The zero-order chi connectivity index (χ0) is 15.3. The zero-order valence-corrected chi connectivity index (χ0v) is 13.5. The summed E-state index contributed by atoms with van der Waals surface area (Å²) >= 11 is 0. The number of benzene rings is 1. The van der Waals surface area contributed by atoms with Gasteiger partial charge in [0.25, 0.3) is 10.2 Å². The van der Waals surface area contributed by atoms with Crippen molar-refractivity contribution >= 4 is 10.2 Å². The number of ether oxygens (including phenoxy) is 1. The lowest BCUT2D eigenvalue weighted by molar-refractivity contribution is 0.173. The van der Waals surface area contributed by atoms with Crippen molar-refractivity contribution in [1.82, 2.24) is 9.44 Å². The van der Waals surface area contributed by atoms with Gasteiger partial charge in [-0.2, -0.15) is 13.1 Å². The van der Waals surface area contributed by atoms with Gasteiger partial charge in [0.1, 0.15) is 0 Å². The molecule has 1 fully saturated rings. The van der Waals surface area contributed by atoms with Crippen LogP contribution in [0.2, 0.25) is 0 Å². The van der Waals surface area contributed by atoms with E-state index >= 15 is 0 Å². The molecule has 1 aromatic carbocycles. The van der Waals surface area contributed by atoms with Crippen molar-refractivity contribution in [3.05, 3.63) is 35.4 Å². The van der Waals surface area contributed by atoms with Crippen LogP contribution in [-0.2, 0) is 21.5 Å². The number of hydrogen-bond acceptors (Lipinski definition) is 3. The summed E-state index contributed by atoms with van der Waals surface area (Å²) in [6.45, 7) is 3.48. The number of hydrogen-bond donors (Lipinski definition) is 2. The first-order valence-electron chi connectivity index (χ1n) is 7.23. The molecule has 0 radical (unpaired) electrons. The molecule has 0 saturated heterocycles. The smallest absolute Gasteiger partial charge is 0.277 e. The summed E-state index contributed by atoms with van der Waals surface area (Å²) in [4.78, 5) is 0. The normalized spacial score (nSPS) is 16.9. The van der Waals surface area contributed by atoms with Crippen molar-refractivity contribution in [3.8, 4) is 0 Å². The molecule has 2 rings (SSSR count). The number of nitrogens with one attached hydrogen (secondary N) is 2. The van der Waals surface area contributed by atoms with Gasteiger partial charge in [-0.25, -0.2) is 4.72 Å². The Hall–Kier alpha value is -0.950. The van der Waals surface area contributed by atoms with Crippen molar-refractivity contribution in [2.45, 2.75) is 32.7 Å². The van der Waals surface area contributed by atoms with Crippen LogP contribution in [0.3, 0.4) is 0 Å². The summed E-state index contributed by atoms with van der Waals surface area (Å²) in [5, 5.41) is 0. The van der Waals surface area contributed by atoms with Crippen molar-refractivity contribution in [1.29, 1.82) is 0 Å². The lowest BCUT2D eigenvalue weighted by Crippen LogP contribution is -2.39. The average molecular weight is 312 g/mol. The molecular weight excluding hydrogens is 288 g/mol. The van der Waals surface area contributed by atoms with Crippen LogP contribution in [0, 0.1) is 12.3 Å². The van der Waals surface area contributed by atoms with Crippen molar-refractivity contribution in [3.63, 3.8) is 0 Å². The van der Waals surface area contributed by atoms with Crippen molar-refractivity contribution in [2.24, 2.45) is 5.41 Å².